The van der Waals surface area contributed by atoms with Gasteiger partial charge in [0.25, 0.3) is 5.56 Å². The van der Waals surface area contributed by atoms with Crippen molar-refractivity contribution in [3.8, 4) is 6.07 Å². The van der Waals surface area contributed by atoms with Crippen LogP contribution < -0.4 is 5.56 Å². The fourth-order valence-electron chi connectivity index (χ4n) is 0.546. The van der Waals surface area contributed by atoms with Gasteiger partial charge in [-0.1, -0.05) is 0 Å². The first kappa shape index (κ1) is 5.63. The summed E-state index contributed by atoms with van der Waals surface area (Å²) in [4.78, 5) is 10.6. The number of hydrogen-bond acceptors (Lipinski definition) is 2. The quantitative estimate of drug-likeness (QED) is 0.557. The molecule has 0 aliphatic heterocycles. The maximum atomic E-state index is 10.6. The second-order valence-corrected chi connectivity index (χ2v) is 1.54. The molecule has 0 aliphatic carbocycles. The summed E-state index contributed by atoms with van der Waals surface area (Å²) in [7, 11) is 0. The Balaban J connectivity index is 2.98. The van der Waals surface area contributed by atoms with Gasteiger partial charge in [0.1, 0.15) is 6.54 Å². The smallest absolute Gasteiger partial charge is 0.267 e. The third-order valence-electron chi connectivity index (χ3n) is 0.951. The molecule has 1 aromatic heterocycles. The Hall–Kier alpha value is -1.50. The number of hydrogen-bond donors (Lipinski definition) is 1. The predicted octanol–water partition coefficient (Wildman–Crippen LogP) is -0.300. The van der Waals surface area contributed by atoms with E-state index in [-0.39, 0.29) is 12.1 Å². The number of nitrogens with one attached hydrogen (secondary N) is 1. The summed E-state index contributed by atoms with van der Waals surface area (Å²) in [5.41, 5.74) is -0.170. The molecule has 0 amide bonds. The minimum atomic E-state index is -0.170. The summed E-state index contributed by atoms with van der Waals surface area (Å²) in [5.74, 6) is 0. The Morgan fingerprint density at radius 2 is 2.67 bits per heavy atom. The van der Waals surface area contributed by atoms with Crippen LogP contribution in [0.1, 0.15) is 0 Å². The molecule has 0 atom stereocenters. The Kier molecular flexibility index (Phi) is 1.36. The summed E-state index contributed by atoms with van der Waals surface area (Å²) in [5, 5.41) is 10.7. The topological polar surface area (TPSA) is 61.6 Å². The third kappa shape index (κ3) is 0.995. The SMILES string of the molecule is N#CCn1[nH]ccc1=O. The highest BCUT2D eigenvalue weighted by molar-refractivity contribution is 4.83. The maximum Gasteiger partial charge on any atom is 0.267 e. The molecule has 0 spiro atoms. The molecule has 9 heavy (non-hydrogen) atoms. The molecule has 0 unspecified atom stereocenters. The number of nitriles is 1. The number of H-pyrrole nitrogens is 1. The van der Waals surface area contributed by atoms with Crippen molar-refractivity contribution in [2.75, 3.05) is 0 Å². The lowest BCUT2D eigenvalue weighted by Crippen LogP contribution is -2.14. The van der Waals surface area contributed by atoms with Crippen LogP contribution in [0.4, 0.5) is 0 Å². The first-order valence-corrected chi connectivity index (χ1v) is 2.46. The Labute approximate surface area is 51.3 Å². The average molecular weight is 123 g/mol. The molecule has 0 radical (unpaired) electrons. The molecule has 1 rings (SSSR count). The molecule has 0 aliphatic rings. The summed E-state index contributed by atoms with van der Waals surface area (Å²) in [6.45, 7) is 0.0891. The van der Waals surface area contributed by atoms with Crippen LogP contribution >= 0.6 is 0 Å². The molecule has 46 valence electrons. The van der Waals surface area contributed by atoms with Gasteiger partial charge in [-0.3, -0.25) is 4.79 Å². The van der Waals surface area contributed by atoms with E-state index in [2.05, 4.69) is 5.10 Å². The van der Waals surface area contributed by atoms with Crippen LogP contribution in [-0.4, -0.2) is 9.78 Å². The Morgan fingerprint density at radius 3 is 3.11 bits per heavy atom. The van der Waals surface area contributed by atoms with Gasteiger partial charge >= 0.3 is 0 Å². The van der Waals surface area contributed by atoms with Crippen LogP contribution in [0.5, 0.6) is 0 Å². The molecule has 0 bridgehead atoms. The fourth-order valence-corrected chi connectivity index (χ4v) is 0.546. The van der Waals surface area contributed by atoms with E-state index in [0.717, 1.165) is 0 Å². The van der Waals surface area contributed by atoms with Crippen molar-refractivity contribution in [3.05, 3.63) is 22.6 Å². The van der Waals surface area contributed by atoms with E-state index in [1.165, 1.54) is 16.9 Å². The zero-order valence-electron chi connectivity index (χ0n) is 4.66. The minimum absolute atomic E-state index is 0.0891. The molecular formula is C5H5N3O. The van der Waals surface area contributed by atoms with Crippen molar-refractivity contribution in [2.24, 2.45) is 0 Å². The number of aromatic amines is 1. The number of nitrogens with zero attached hydrogens (tertiary/aromatic N) is 2. The summed E-state index contributed by atoms with van der Waals surface area (Å²) >= 11 is 0. The molecule has 1 aromatic rings. The van der Waals surface area contributed by atoms with E-state index in [0.29, 0.717) is 0 Å². The van der Waals surface area contributed by atoms with Gasteiger partial charge < -0.3 is 5.10 Å². The third-order valence-corrected chi connectivity index (χ3v) is 0.951. The molecular weight excluding hydrogens is 118 g/mol. The number of rotatable bonds is 1. The normalized spacial score (nSPS) is 8.78. The van der Waals surface area contributed by atoms with Crippen LogP contribution in [0, 0.1) is 11.3 Å². The molecule has 1 heterocycles. The lowest BCUT2D eigenvalue weighted by atomic mass is 10.7. The van der Waals surface area contributed by atoms with E-state index in [4.69, 9.17) is 5.26 Å². The highest BCUT2D eigenvalue weighted by Crippen LogP contribution is 1.71. The van der Waals surface area contributed by atoms with Gasteiger partial charge in [0.2, 0.25) is 0 Å². The van der Waals surface area contributed by atoms with Crippen LogP contribution in [-0.2, 0) is 6.54 Å². The molecule has 4 nitrogen and oxygen atoms in total. The molecule has 0 fully saturated rings. The standard InChI is InChI=1S/C5H5N3O/c6-2-4-8-5(9)1-3-7-8/h1,3,7H,4H2. The van der Waals surface area contributed by atoms with Gasteiger partial charge in [0, 0.05) is 12.3 Å². The van der Waals surface area contributed by atoms with Gasteiger partial charge in [-0.15, -0.1) is 0 Å². The largest absolute Gasteiger partial charge is 0.302 e. The second-order valence-electron chi connectivity index (χ2n) is 1.54. The minimum Gasteiger partial charge on any atom is -0.302 e. The lowest BCUT2D eigenvalue weighted by Gasteiger charge is -1.87. The predicted molar refractivity (Wildman–Crippen MR) is 30.7 cm³/mol. The van der Waals surface area contributed by atoms with Gasteiger partial charge in [0.15, 0.2) is 0 Å². The van der Waals surface area contributed by atoms with Crippen molar-refractivity contribution in [3.63, 3.8) is 0 Å². The van der Waals surface area contributed by atoms with Crippen LogP contribution in [0.15, 0.2) is 17.1 Å². The van der Waals surface area contributed by atoms with E-state index in [1.807, 2.05) is 6.07 Å². The van der Waals surface area contributed by atoms with E-state index in [1.54, 1.807) is 0 Å². The zero-order chi connectivity index (χ0) is 6.69. The van der Waals surface area contributed by atoms with Crippen molar-refractivity contribution in [1.82, 2.24) is 9.78 Å². The lowest BCUT2D eigenvalue weighted by molar-refractivity contribution is 0.685. The summed E-state index contributed by atoms with van der Waals surface area (Å²) < 4.78 is 1.22. The molecule has 0 aromatic carbocycles. The Bertz CT molecular complexity index is 277. The van der Waals surface area contributed by atoms with Crippen molar-refractivity contribution < 1.29 is 0 Å². The van der Waals surface area contributed by atoms with E-state index >= 15 is 0 Å². The van der Waals surface area contributed by atoms with Crippen molar-refractivity contribution in [2.45, 2.75) is 6.54 Å². The fraction of sp³-hybridized carbons (Fsp3) is 0.200. The average Bonchev–Trinajstić information content (AvgIpc) is 2.18. The van der Waals surface area contributed by atoms with Gasteiger partial charge in [-0.2, -0.15) is 5.26 Å². The van der Waals surface area contributed by atoms with Crippen molar-refractivity contribution in [1.29, 1.82) is 5.26 Å². The summed E-state index contributed by atoms with van der Waals surface area (Å²) in [6, 6.07) is 3.22. The first-order chi connectivity index (χ1) is 4.34. The zero-order valence-corrected chi connectivity index (χ0v) is 4.66. The molecule has 0 saturated heterocycles. The van der Waals surface area contributed by atoms with Crippen LogP contribution in [0.3, 0.4) is 0 Å². The van der Waals surface area contributed by atoms with E-state index < -0.39 is 0 Å². The maximum absolute atomic E-state index is 10.6. The highest BCUT2D eigenvalue weighted by atomic mass is 16.1. The van der Waals surface area contributed by atoms with Gasteiger partial charge in [0.05, 0.1) is 6.07 Å². The summed E-state index contributed by atoms with van der Waals surface area (Å²) in [6.07, 6.45) is 1.50. The van der Waals surface area contributed by atoms with Gasteiger partial charge in [-0.05, 0) is 0 Å². The van der Waals surface area contributed by atoms with E-state index in [9.17, 15) is 4.79 Å². The second kappa shape index (κ2) is 2.18. The van der Waals surface area contributed by atoms with Crippen LogP contribution in [0.2, 0.25) is 0 Å². The van der Waals surface area contributed by atoms with Crippen molar-refractivity contribution >= 4 is 0 Å². The molecule has 0 saturated carbocycles. The Morgan fingerprint density at radius 1 is 1.89 bits per heavy atom. The monoisotopic (exact) mass is 123 g/mol. The molecule has 1 N–H and O–H groups in total. The molecule has 4 heteroatoms. The number of aromatic nitrogens is 2. The van der Waals surface area contributed by atoms with Gasteiger partial charge in [-0.25, -0.2) is 4.68 Å². The van der Waals surface area contributed by atoms with Crippen LogP contribution in [0.25, 0.3) is 0 Å². The highest BCUT2D eigenvalue weighted by Gasteiger charge is 1.90. The first-order valence-electron chi connectivity index (χ1n) is 2.46.